The van der Waals surface area contributed by atoms with Crippen LogP contribution in [0, 0.1) is 46.3 Å². The predicted octanol–water partition coefficient (Wildman–Crippen LogP) is 7.95. The second-order valence-electron chi connectivity index (χ2n) is 16.7. The molecule has 0 aromatic rings. The first-order chi connectivity index (χ1) is 22.2. The van der Waals surface area contributed by atoms with Crippen molar-refractivity contribution in [1.29, 1.82) is 0 Å². The van der Waals surface area contributed by atoms with E-state index in [0.717, 1.165) is 54.8 Å². The van der Waals surface area contributed by atoms with E-state index in [4.69, 9.17) is 23.7 Å². The van der Waals surface area contributed by atoms with Gasteiger partial charge in [0.25, 0.3) is 0 Å². The summed E-state index contributed by atoms with van der Waals surface area (Å²) in [6.45, 7) is 16.2. The van der Waals surface area contributed by atoms with Gasteiger partial charge in [0.15, 0.2) is 12.4 Å². The summed E-state index contributed by atoms with van der Waals surface area (Å²) in [5.41, 5.74) is 2.22. The molecule has 266 valence electrons. The number of rotatable bonds is 11. The molecule has 0 unspecified atom stereocenters. The van der Waals surface area contributed by atoms with E-state index in [9.17, 15) is 14.4 Å². The molecule has 12 atom stereocenters. The molecule has 1 aliphatic heterocycles. The summed E-state index contributed by atoms with van der Waals surface area (Å²) in [5.74, 6) is 3.34. The molecule has 5 aliphatic rings. The van der Waals surface area contributed by atoms with Gasteiger partial charge in [-0.2, -0.15) is 0 Å². The van der Waals surface area contributed by atoms with Crippen LogP contribution in [0.15, 0.2) is 11.6 Å². The Morgan fingerprint density at radius 1 is 0.915 bits per heavy atom. The van der Waals surface area contributed by atoms with Gasteiger partial charge < -0.3 is 23.7 Å². The quantitative estimate of drug-likeness (QED) is 0.125. The first-order valence-electron chi connectivity index (χ1n) is 18.7. The molecule has 0 aromatic carbocycles. The Balaban J connectivity index is 1.24. The van der Waals surface area contributed by atoms with Gasteiger partial charge >= 0.3 is 17.9 Å². The molecule has 0 bridgehead atoms. The topological polar surface area (TPSA) is 97.4 Å². The first-order valence-corrected chi connectivity index (χ1v) is 18.7. The van der Waals surface area contributed by atoms with Crippen LogP contribution < -0.4 is 0 Å². The Kier molecular flexibility index (Phi) is 11.5. The lowest BCUT2D eigenvalue weighted by molar-refractivity contribution is -0.278. The summed E-state index contributed by atoms with van der Waals surface area (Å²) in [5, 5.41) is 0. The second kappa shape index (κ2) is 14.9. The van der Waals surface area contributed by atoms with Gasteiger partial charge in [-0.05, 0) is 97.7 Å². The van der Waals surface area contributed by atoms with E-state index < -0.39 is 42.5 Å². The van der Waals surface area contributed by atoms with E-state index in [0.29, 0.717) is 5.41 Å². The standard InChI is InChI=1S/C39H62O8/c1-23(2)10-9-11-24(3)31-14-15-32-30-13-12-28-20-29(16-18-38(28,7)33(30)17-19-39(31,32)8)46-36-21-34(44-26(5)41)37(45-27(6)42)35(47-36)22-43-25(4)40/h12,23-24,29-37H,9-11,13-22H2,1-8H3/t24-,29+,30+,31-,32+,33+,34-,35-,36+,37-,38+,39-/m1/s1. The molecule has 1 saturated heterocycles. The molecule has 5 rings (SSSR count). The van der Waals surface area contributed by atoms with Gasteiger partial charge in [-0.3, -0.25) is 14.4 Å². The normalized spacial score (nSPS) is 40.4. The maximum Gasteiger partial charge on any atom is 0.303 e. The molecule has 0 N–H and O–H groups in total. The summed E-state index contributed by atoms with van der Waals surface area (Å²) in [6.07, 6.45) is 13.3. The summed E-state index contributed by atoms with van der Waals surface area (Å²) in [6, 6.07) is 0. The van der Waals surface area contributed by atoms with E-state index >= 15 is 0 Å². The minimum Gasteiger partial charge on any atom is -0.463 e. The maximum absolute atomic E-state index is 12.0. The van der Waals surface area contributed by atoms with Crippen molar-refractivity contribution in [3.05, 3.63) is 11.6 Å². The van der Waals surface area contributed by atoms with Crippen molar-refractivity contribution in [2.24, 2.45) is 46.3 Å². The van der Waals surface area contributed by atoms with Crippen molar-refractivity contribution in [3.8, 4) is 0 Å². The van der Waals surface area contributed by atoms with Gasteiger partial charge in [-0.25, -0.2) is 0 Å². The third-order valence-electron chi connectivity index (χ3n) is 13.2. The number of carbonyl (C=O) groups excluding carboxylic acids is 3. The summed E-state index contributed by atoms with van der Waals surface area (Å²) in [7, 11) is 0. The molecule has 3 saturated carbocycles. The van der Waals surface area contributed by atoms with Crippen molar-refractivity contribution in [1.82, 2.24) is 0 Å². The fourth-order valence-corrected chi connectivity index (χ4v) is 11.0. The molecular weight excluding hydrogens is 596 g/mol. The van der Waals surface area contributed by atoms with Crippen molar-refractivity contribution in [2.45, 2.75) is 163 Å². The SMILES string of the molecule is CC(=O)OC[C@H]1O[C@H](O[C@H]2CC[C@@]3(C)C(=CC[C@H]4[C@@H]5CC[C@H]([C@H](C)CCCC(C)C)[C@@]5(C)CC[C@@H]43)C2)C[C@@H](OC(C)=O)[C@H]1OC(C)=O. The highest BCUT2D eigenvalue weighted by atomic mass is 16.7. The molecule has 8 heteroatoms. The lowest BCUT2D eigenvalue weighted by atomic mass is 9.47. The lowest BCUT2D eigenvalue weighted by Gasteiger charge is -2.58. The largest absolute Gasteiger partial charge is 0.463 e. The van der Waals surface area contributed by atoms with Gasteiger partial charge in [0.1, 0.15) is 18.8 Å². The smallest absolute Gasteiger partial charge is 0.303 e. The average Bonchev–Trinajstić information content (AvgIpc) is 3.34. The number of hydrogen-bond acceptors (Lipinski definition) is 8. The Morgan fingerprint density at radius 2 is 1.66 bits per heavy atom. The van der Waals surface area contributed by atoms with Crippen LogP contribution >= 0.6 is 0 Å². The third-order valence-corrected chi connectivity index (χ3v) is 13.2. The van der Waals surface area contributed by atoms with E-state index in [2.05, 4.69) is 40.7 Å². The number of hydrogen-bond donors (Lipinski definition) is 0. The zero-order chi connectivity index (χ0) is 34.1. The number of fused-ring (bicyclic) bond motifs is 5. The molecule has 4 fully saturated rings. The summed E-state index contributed by atoms with van der Waals surface area (Å²) >= 11 is 0. The summed E-state index contributed by atoms with van der Waals surface area (Å²) < 4.78 is 29.2. The number of allylic oxidation sites excluding steroid dienone is 1. The molecule has 0 amide bonds. The molecule has 0 aromatic heterocycles. The molecule has 47 heavy (non-hydrogen) atoms. The molecule has 0 spiro atoms. The zero-order valence-electron chi connectivity index (χ0n) is 30.4. The van der Waals surface area contributed by atoms with Gasteiger partial charge in [-0.1, -0.05) is 65.5 Å². The Bertz CT molecular complexity index is 1160. The van der Waals surface area contributed by atoms with Gasteiger partial charge in [0, 0.05) is 27.2 Å². The van der Waals surface area contributed by atoms with Crippen LogP contribution in [-0.4, -0.2) is 55.2 Å². The molecule has 4 aliphatic carbocycles. The fraction of sp³-hybridized carbons (Fsp3) is 0.872. The fourth-order valence-electron chi connectivity index (χ4n) is 11.0. The lowest BCUT2D eigenvalue weighted by Crippen LogP contribution is -2.55. The highest BCUT2D eigenvalue weighted by Gasteiger charge is 2.59. The van der Waals surface area contributed by atoms with Crippen molar-refractivity contribution in [3.63, 3.8) is 0 Å². The zero-order valence-corrected chi connectivity index (χ0v) is 30.4. The Labute approximate surface area is 283 Å². The van der Waals surface area contributed by atoms with E-state index in [-0.39, 0.29) is 24.5 Å². The van der Waals surface area contributed by atoms with Crippen molar-refractivity contribution < 1.29 is 38.1 Å². The molecule has 1 heterocycles. The number of ether oxygens (including phenoxy) is 5. The first kappa shape index (κ1) is 36.4. The predicted molar refractivity (Wildman–Crippen MR) is 179 cm³/mol. The van der Waals surface area contributed by atoms with Gasteiger partial charge in [0.05, 0.1) is 6.10 Å². The van der Waals surface area contributed by atoms with Crippen LogP contribution in [0.3, 0.4) is 0 Å². The van der Waals surface area contributed by atoms with Crippen LogP contribution in [0.1, 0.15) is 132 Å². The van der Waals surface area contributed by atoms with Gasteiger partial charge in [-0.15, -0.1) is 0 Å². The van der Waals surface area contributed by atoms with Crippen LogP contribution in [0.2, 0.25) is 0 Å². The minimum absolute atomic E-state index is 0.0232. The number of carbonyl (C=O) groups is 3. The van der Waals surface area contributed by atoms with Crippen LogP contribution in [-0.2, 0) is 38.1 Å². The highest BCUT2D eigenvalue weighted by Crippen LogP contribution is 2.67. The average molecular weight is 659 g/mol. The molecular formula is C39H62O8. The second-order valence-corrected chi connectivity index (χ2v) is 16.7. The van der Waals surface area contributed by atoms with Crippen molar-refractivity contribution >= 4 is 17.9 Å². The van der Waals surface area contributed by atoms with E-state index in [1.54, 1.807) is 0 Å². The minimum atomic E-state index is -0.890. The maximum atomic E-state index is 12.0. The summed E-state index contributed by atoms with van der Waals surface area (Å²) in [4.78, 5) is 35.5. The highest BCUT2D eigenvalue weighted by molar-refractivity contribution is 5.67. The van der Waals surface area contributed by atoms with Crippen LogP contribution in [0.5, 0.6) is 0 Å². The van der Waals surface area contributed by atoms with Crippen LogP contribution in [0.4, 0.5) is 0 Å². The molecule has 8 nitrogen and oxygen atoms in total. The van der Waals surface area contributed by atoms with E-state index in [1.807, 2.05) is 0 Å². The Hall–Kier alpha value is -1.93. The number of esters is 3. The van der Waals surface area contributed by atoms with Crippen LogP contribution in [0.25, 0.3) is 0 Å². The monoisotopic (exact) mass is 658 g/mol. The van der Waals surface area contributed by atoms with Gasteiger partial charge in [0.2, 0.25) is 0 Å². The van der Waals surface area contributed by atoms with E-state index in [1.165, 1.54) is 77.7 Å². The molecule has 0 radical (unpaired) electrons. The van der Waals surface area contributed by atoms with Crippen molar-refractivity contribution in [2.75, 3.05) is 6.61 Å². The Morgan fingerprint density at radius 3 is 2.34 bits per heavy atom. The third kappa shape index (κ3) is 7.95.